The van der Waals surface area contributed by atoms with Crippen LogP contribution in [0.15, 0.2) is 24.5 Å². The molecule has 0 radical (unpaired) electrons. The highest BCUT2D eigenvalue weighted by atomic mass is 16.5. The Morgan fingerprint density at radius 1 is 1.42 bits per heavy atom. The lowest BCUT2D eigenvalue weighted by Crippen LogP contribution is -2.30. The summed E-state index contributed by atoms with van der Waals surface area (Å²) < 4.78 is 10.9. The topological polar surface area (TPSA) is 114 Å². The quantitative estimate of drug-likeness (QED) is 0.631. The molecule has 0 bridgehead atoms. The number of nitrogens with one attached hydrogen (secondary N) is 1. The summed E-state index contributed by atoms with van der Waals surface area (Å²) >= 11 is 0. The van der Waals surface area contributed by atoms with Crippen molar-refractivity contribution in [3.05, 3.63) is 41.3 Å². The molecule has 0 spiro atoms. The summed E-state index contributed by atoms with van der Waals surface area (Å²) in [6.45, 7) is 4.39. The second-order valence-electron chi connectivity index (χ2n) is 6.26. The number of rotatable bonds is 6. The zero-order chi connectivity index (χ0) is 18.7. The van der Waals surface area contributed by atoms with Gasteiger partial charge in [-0.05, 0) is 35.5 Å². The van der Waals surface area contributed by atoms with Gasteiger partial charge < -0.3 is 24.8 Å². The first-order chi connectivity index (χ1) is 12.5. The predicted octanol–water partition coefficient (Wildman–Crippen LogP) is 0.153. The van der Waals surface area contributed by atoms with Crippen molar-refractivity contribution in [1.29, 1.82) is 0 Å². The lowest BCUT2D eigenvalue weighted by molar-refractivity contribution is 0.0937. The Kier molecular flexibility index (Phi) is 5.50. The third kappa shape index (κ3) is 3.85. The van der Waals surface area contributed by atoms with Gasteiger partial charge in [0, 0.05) is 13.2 Å². The van der Waals surface area contributed by atoms with E-state index in [9.17, 15) is 9.82 Å². The average molecular weight is 357 g/mol. The number of carbonyl (C=O) groups is 1. The van der Waals surface area contributed by atoms with Gasteiger partial charge in [0.1, 0.15) is 11.4 Å². The van der Waals surface area contributed by atoms with Crippen LogP contribution < -0.4 is 15.5 Å². The first-order valence-electron chi connectivity index (χ1n) is 8.30. The van der Waals surface area contributed by atoms with Gasteiger partial charge in [-0.2, -0.15) is 0 Å². The second kappa shape index (κ2) is 7.82. The molecule has 2 heterocycles. The lowest BCUT2D eigenvalue weighted by atomic mass is 9.76. The summed E-state index contributed by atoms with van der Waals surface area (Å²) in [6, 6.07) is 3.62. The lowest BCUT2D eigenvalue weighted by Gasteiger charge is -2.12. The maximum absolute atomic E-state index is 12.0. The van der Waals surface area contributed by atoms with E-state index >= 15 is 0 Å². The van der Waals surface area contributed by atoms with Crippen LogP contribution in [-0.2, 0) is 11.3 Å². The van der Waals surface area contributed by atoms with Gasteiger partial charge in [0.05, 0.1) is 19.0 Å². The van der Waals surface area contributed by atoms with E-state index in [2.05, 4.69) is 15.3 Å². The minimum atomic E-state index is -0.952. The van der Waals surface area contributed by atoms with Crippen LogP contribution in [0, 0.1) is 12.8 Å². The van der Waals surface area contributed by atoms with Crippen molar-refractivity contribution in [3.8, 4) is 11.6 Å². The van der Waals surface area contributed by atoms with E-state index in [4.69, 9.17) is 14.5 Å². The van der Waals surface area contributed by atoms with Crippen molar-refractivity contribution in [2.45, 2.75) is 20.5 Å². The summed E-state index contributed by atoms with van der Waals surface area (Å²) in [5.41, 5.74) is 2.58. The van der Waals surface area contributed by atoms with Crippen LogP contribution in [0.25, 0.3) is 0 Å². The number of aliphatic hydroxyl groups is 1. The molecule has 0 saturated heterocycles. The van der Waals surface area contributed by atoms with Crippen LogP contribution in [-0.4, -0.2) is 46.3 Å². The standard InChI is InChI=1S/C17H20BN3O5/c1-10(8-22)5-21-17(23)13-6-20-15(7-19-13)26-14-4-3-12-9-25-18(24)16(12)11(14)2/h3-4,6-7,10,22,24H,5,8-9H2,1-2H3,(H,21,23). The average Bonchev–Trinajstić information content (AvgIpc) is 3.04. The van der Waals surface area contributed by atoms with Crippen molar-refractivity contribution in [2.24, 2.45) is 5.92 Å². The molecule has 1 atom stereocenters. The molecule has 9 heteroatoms. The van der Waals surface area contributed by atoms with Gasteiger partial charge in [-0.15, -0.1) is 0 Å². The third-order valence-corrected chi connectivity index (χ3v) is 4.20. The molecule has 1 aromatic carbocycles. The number of nitrogens with zero attached hydrogens (tertiary/aromatic N) is 2. The Labute approximate surface area is 151 Å². The fraction of sp³-hybridized carbons (Fsp3) is 0.353. The van der Waals surface area contributed by atoms with Crippen LogP contribution in [0.4, 0.5) is 0 Å². The molecule has 1 aromatic heterocycles. The fourth-order valence-electron chi connectivity index (χ4n) is 2.62. The molecule has 26 heavy (non-hydrogen) atoms. The number of hydrogen-bond acceptors (Lipinski definition) is 7. The number of benzene rings is 1. The van der Waals surface area contributed by atoms with Crippen molar-refractivity contribution in [2.75, 3.05) is 13.2 Å². The summed E-state index contributed by atoms with van der Waals surface area (Å²) in [6.07, 6.45) is 2.69. The van der Waals surface area contributed by atoms with E-state index in [0.717, 1.165) is 11.1 Å². The molecule has 3 rings (SSSR count). The summed E-state index contributed by atoms with van der Waals surface area (Å²) in [7, 11) is -0.952. The Balaban J connectivity index is 1.69. The number of amides is 1. The second-order valence-corrected chi connectivity index (χ2v) is 6.26. The maximum Gasteiger partial charge on any atom is 0.492 e. The summed E-state index contributed by atoms with van der Waals surface area (Å²) in [4.78, 5) is 20.1. The molecule has 0 aliphatic carbocycles. The van der Waals surface area contributed by atoms with E-state index in [1.807, 2.05) is 19.9 Å². The van der Waals surface area contributed by atoms with E-state index < -0.39 is 7.12 Å². The van der Waals surface area contributed by atoms with E-state index in [-0.39, 0.29) is 30.0 Å². The van der Waals surface area contributed by atoms with Crippen LogP contribution >= 0.6 is 0 Å². The first kappa shape index (κ1) is 18.3. The van der Waals surface area contributed by atoms with Gasteiger partial charge in [0.25, 0.3) is 5.91 Å². The highest BCUT2D eigenvalue weighted by molar-refractivity contribution is 6.62. The molecule has 3 N–H and O–H groups in total. The van der Waals surface area contributed by atoms with Gasteiger partial charge >= 0.3 is 7.12 Å². The molecule has 1 aliphatic heterocycles. The number of fused-ring (bicyclic) bond motifs is 1. The molecule has 8 nitrogen and oxygen atoms in total. The number of aliphatic hydroxyl groups excluding tert-OH is 1. The highest BCUT2D eigenvalue weighted by Crippen LogP contribution is 2.25. The van der Waals surface area contributed by atoms with Gasteiger partial charge in [-0.3, -0.25) is 4.79 Å². The maximum atomic E-state index is 12.0. The number of carbonyl (C=O) groups excluding carboxylic acids is 1. The van der Waals surface area contributed by atoms with E-state index in [0.29, 0.717) is 24.4 Å². The van der Waals surface area contributed by atoms with E-state index in [1.165, 1.54) is 12.4 Å². The van der Waals surface area contributed by atoms with Crippen molar-refractivity contribution >= 4 is 18.5 Å². The summed E-state index contributed by atoms with van der Waals surface area (Å²) in [5, 5.41) is 21.5. The fourth-order valence-corrected chi connectivity index (χ4v) is 2.62. The number of ether oxygens (including phenoxy) is 1. The van der Waals surface area contributed by atoms with Gasteiger partial charge in [-0.25, -0.2) is 9.97 Å². The van der Waals surface area contributed by atoms with Crippen LogP contribution in [0.2, 0.25) is 0 Å². The zero-order valence-electron chi connectivity index (χ0n) is 14.6. The van der Waals surface area contributed by atoms with Gasteiger partial charge in [0.2, 0.25) is 5.88 Å². The minimum Gasteiger partial charge on any atom is -0.437 e. The minimum absolute atomic E-state index is 0.00139. The van der Waals surface area contributed by atoms with E-state index in [1.54, 1.807) is 6.07 Å². The van der Waals surface area contributed by atoms with Crippen molar-refractivity contribution in [1.82, 2.24) is 15.3 Å². The Morgan fingerprint density at radius 3 is 2.92 bits per heavy atom. The smallest absolute Gasteiger partial charge is 0.437 e. The van der Waals surface area contributed by atoms with Crippen LogP contribution in [0.1, 0.15) is 28.5 Å². The monoisotopic (exact) mass is 357 g/mol. The Bertz CT molecular complexity index is 800. The molecule has 1 unspecified atom stereocenters. The van der Waals surface area contributed by atoms with Crippen LogP contribution in [0.3, 0.4) is 0 Å². The molecule has 1 aliphatic rings. The number of aromatic nitrogens is 2. The third-order valence-electron chi connectivity index (χ3n) is 4.20. The molecule has 0 saturated carbocycles. The number of hydrogen-bond donors (Lipinski definition) is 3. The normalized spacial score (nSPS) is 14.1. The molecule has 1 amide bonds. The predicted molar refractivity (Wildman–Crippen MR) is 94.3 cm³/mol. The van der Waals surface area contributed by atoms with Crippen molar-refractivity contribution in [3.63, 3.8) is 0 Å². The molecule has 0 fully saturated rings. The molecule has 136 valence electrons. The zero-order valence-corrected chi connectivity index (χ0v) is 14.6. The Hall–Kier alpha value is -2.49. The first-order valence-corrected chi connectivity index (χ1v) is 8.30. The SMILES string of the molecule is Cc1c(Oc2cnc(C(=O)NCC(C)CO)cn2)ccc2c1B(O)OC2. The highest BCUT2D eigenvalue weighted by Gasteiger charge is 2.30. The molecular formula is C17H20BN3O5. The largest absolute Gasteiger partial charge is 0.492 e. The van der Waals surface area contributed by atoms with Gasteiger partial charge in [-0.1, -0.05) is 13.0 Å². The van der Waals surface area contributed by atoms with Gasteiger partial charge in [0.15, 0.2) is 0 Å². The Morgan fingerprint density at radius 2 is 2.23 bits per heavy atom. The summed E-state index contributed by atoms with van der Waals surface area (Å²) in [5.74, 6) is 0.383. The molecule has 2 aromatic rings. The molecular weight excluding hydrogens is 337 g/mol. The van der Waals surface area contributed by atoms with Crippen LogP contribution in [0.5, 0.6) is 11.6 Å². The van der Waals surface area contributed by atoms with Crippen molar-refractivity contribution < 1.29 is 24.3 Å².